The molecule has 0 atom stereocenters. The highest BCUT2D eigenvalue weighted by atomic mass is 16.2. The molecule has 0 spiro atoms. The predicted octanol–water partition coefficient (Wildman–Crippen LogP) is 2.39. The fourth-order valence-corrected chi connectivity index (χ4v) is 3.84. The lowest BCUT2D eigenvalue weighted by Gasteiger charge is -2.28. The molecule has 1 aliphatic rings. The van der Waals surface area contributed by atoms with E-state index in [-0.39, 0.29) is 18.0 Å². The van der Waals surface area contributed by atoms with Crippen LogP contribution in [0.1, 0.15) is 27.3 Å². The van der Waals surface area contributed by atoms with Crippen LogP contribution < -0.4 is 5.56 Å². The maximum absolute atomic E-state index is 13.2. The predicted molar refractivity (Wildman–Crippen MR) is 108 cm³/mol. The van der Waals surface area contributed by atoms with Crippen LogP contribution in [0.5, 0.6) is 0 Å². The van der Waals surface area contributed by atoms with Gasteiger partial charge < -0.3 is 4.90 Å². The fourth-order valence-electron chi connectivity index (χ4n) is 3.84. The maximum atomic E-state index is 13.2. The van der Waals surface area contributed by atoms with Crippen molar-refractivity contribution in [3.05, 3.63) is 93.8 Å². The van der Waals surface area contributed by atoms with Gasteiger partial charge in [0.25, 0.3) is 11.5 Å². The van der Waals surface area contributed by atoms with Crippen molar-refractivity contribution in [2.45, 2.75) is 19.9 Å². The van der Waals surface area contributed by atoms with E-state index in [1.165, 1.54) is 4.40 Å². The average molecular weight is 385 g/mol. The first kappa shape index (κ1) is 17.4. The van der Waals surface area contributed by atoms with Crippen LogP contribution in [0.15, 0.2) is 65.7 Å². The van der Waals surface area contributed by atoms with Crippen LogP contribution in [0.4, 0.5) is 0 Å². The average Bonchev–Trinajstić information content (AvgIpc) is 3.15. The number of carbonyl (C=O) groups is 1. The number of carbonyl (C=O) groups excluding carboxylic acids is 1. The minimum absolute atomic E-state index is 0.111. The molecule has 4 aromatic rings. The zero-order valence-corrected chi connectivity index (χ0v) is 15.9. The highest BCUT2D eigenvalue weighted by Gasteiger charge is 2.27. The molecule has 29 heavy (non-hydrogen) atoms. The molecule has 0 N–H and O–H groups in total. The van der Waals surface area contributed by atoms with Gasteiger partial charge in [-0.05, 0) is 31.2 Å². The molecule has 0 saturated carbocycles. The molecule has 3 aromatic heterocycles. The Bertz CT molecular complexity index is 1290. The molecular weight excluding hydrogens is 366 g/mol. The van der Waals surface area contributed by atoms with Crippen molar-refractivity contribution < 1.29 is 4.79 Å². The van der Waals surface area contributed by atoms with E-state index >= 15 is 0 Å². The molecule has 0 unspecified atom stereocenters. The summed E-state index contributed by atoms with van der Waals surface area (Å²) in [4.78, 5) is 32.4. The Hall–Kier alpha value is -3.74. The third kappa shape index (κ3) is 2.82. The fraction of sp³-hybridized carbons (Fsp3) is 0.182. The Labute approximate surface area is 166 Å². The summed E-state index contributed by atoms with van der Waals surface area (Å²) >= 11 is 0. The molecule has 4 heterocycles. The molecule has 7 heteroatoms. The summed E-state index contributed by atoms with van der Waals surface area (Å²) < 4.78 is 3.29. The van der Waals surface area contributed by atoms with E-state index in [2.05, 4.69) is 10.1 Å². The number of pyridine rings is 1. The third-order valence-electron chi connectivity index (χ3n) is 5.41. The summed E-state index contributed by atoms with van der Waals surface area (Å²) in [7, 11) is 0. The lowest BCUT2D eigenvalue weighted by Crippen LogP contribution is -2.40. The van der Waals surface area contributed by atoms with Gasteiger partial charge in [0.2, 0.25) is 0 Å². The molecule has 144 valence electrons. The number of para-hydroxylation sites is 1. The Kier molecular flexibility index (Phi) is 4.01. The van der Waals surface area contributed by atoms with E-state index in [1.54, 1.807) is 28.0 Å². The van der Waals surface area contributed by atoms with Crippen molar-refractivity contribution >= 4 is 11.6 Å². The number of rotatable bonds is 2. The monoisotopic (exact) mass is 385 g/mol. The molecule has 1 aliphatic heterocycles. The smallest absolute Gasteiger partial charge is 0.263 e. The number of aromatic nitrogens is 4. The number of amides is 1. The number of nitrogens with zero attached hydrogens (tertiary/aromatic N) is 5. The molecular formula is C22H19N5O2. The van der Waals surface area contributed by atoms with Gasteiger partial charge in [-0.15, -0.1) is 0 Å². The standard InChI is InChI=1S/C22H19N5O2/c1-15-17(13-23-27(15)16-7-3-2-4-8-16)21(28)25-12-10-19-18(14-25)22(29)26-11-6-5-9-20(26)24-19/h2-9,11,13H,10,12,14H2,1H3. The van der Waals surface area contributed by atoms with E-state index in [1.807, 2.05) is 49.4 Å². The molecule has 0 saturated heterocycles. The van der Waals surface area contributed by atoms with Gasteiger partial charge in [0.15, 0.2) is 0 Å². The van der Waals surface area contributed by atoms with Gasteiger partial charge in [-0.3, -0.25) is 14.0 Å². The van der Waals surface area contributed by atoms with Gasteiger partial charge in [-0.1, -0.05) is 24.3 Å². The van der Waals surface area contributed by atoms with Crippen molar-refractivity contribution in [3.63, 3.8) is 0 Å². The first-order chi connectivity index (χ1) is 14.1. The van der Waals surface area contributed by atoms with Crippen LogP contribution in [-0.2, 0) is 13.0 Å². The maximum Gasteiger partial charge on any atom is 0.263 e. The van der Waals surface area contributed by atoms with E-state index in [9.17, 15) is 9.59 Å². The van der Waals surface area contributed by atoms with Crippen LogP contribution >= 0.6 is 0 Å². The number of benzene rings is 1. The van der Waals surface area contributed by atoms with Crippen LogP contribution in [0.3, 0.4) is 0 Å². The van der Waals surface area contributed by atoms with Gasteiger partial charge >= 0.3 is 0 Å². The minimum atomic E-state index is -0.118. The number of fused-ring (bicyclic) bond motifs is 2. The summed E-state index contributed by atoms with van der Waals surface area (Å²) in [6.45, 7) is 2.67. The molecule has 1 amide bonds. The Morgan fingerprint density at radius 1 is 1.07 bits per heavy atom. The first-order valence-electron chi connectivity index (χ1n) is 9.52. The summed E-state index contributed by atoms with van der Waals surface area (Å²) in [5, 5.41) is 4.40. The molecule has 1 aromatic carbocycles. The third-order valence-corrected chi connectivity index (χ3v) is 5.41. The summed E-state index contributed by atoms with van der Waals surface area (Å²) in [6, 6.07) is 15.2. The largest absolute Gasteiger partial charge is 0.334 e. The zero-order valence-electron chi connectivity index (χ0n) is 15.9. The van der Waals surface area contributed by atoms with Crippen molar-refractivity contribution in [2.24, 2.45) is 0 Å². The summed E-state index contributed by atoms with van der Waals surface area (Å²) in [5.41, 5.74) is 4.12. The normalized spacial score (nSPS) is 13.5. The van der Waals surface area contributed by atoms with Gasteiger partial charge in [-0.25, -0.2) is 9.67 Å². The van der Waals surface area contributed by atoms with E-state index in [0.717, 1.165) is 17.1 Å². The lowest BCUT2D eigenvalue weighted by atomic mass is 10.1. The quantitative estimate of drug-likeness (QED) is 0.531. The summed E-state index contributed by atoms with van der Waals surface area (Å²) in [5.74, 6) is -0.118. The highest BCUT2D eigenvalue weighted by Crippen LogP contribution is 2.20. The van der Waals surface area contributed by atoms with Gasteiger partial charge in [0.1, 0.15) is 5.65 Å². The number of hydrogen-bond acceptors (Lipinski definition) is 4. The van der Waals surface area contributed by atoms with Crippen LogP contribution in [0.2, 0.25) is 0 Å². The second-order valence-electron chi connectivity index (χ2n) is 7.14. The summed E-state index contributed by atoms with van der Waals surface area (Å²) in [6.07, 6.45) is 3.87. The zero-order chi connectivity index (χ0) is 20.0. The van der Waals surface area contributed by atoms with Crippen molar-refractivity contribution in [3.8, 4) is 5.69 Å². The second kappa shape index (κ2) is 6.70. The number of hydrogen-bond donors (Lipinski definition) is 0. The molecule has 7 nitrogen and oxygen atoms in total. The van der Waals surface area contributed by atoms with Crippen molar-refractivity contribution in [1.82, 2.24) is 24.1 Å². The van der Waals surface area contributed by atoms with Gasteiger partial charge in [0, 0.05) is 19.2 Å². The van der Waals surface area contributed by atoms with Gasteiger partial charge in [0.05, 0.1) is 40.9 Å². The Morgan fingerprint density at radius 2 is 1.86 bits per heavy atom. The van der Waals surface area contributed by atoms with Crippen LogP contribution in [0.25, 0.3) is 11.3 Å². The van der Waals surface area contributed by atoms with Crippen LogP contribution in [-0.4, -0.2) is 36.5 Å². The van der Waals surface area contributed by atoms with Crippen LogP contribution in [0, 0.1) is 6.92 Å². The highest BCUT2D eigenvalue weighted by molar-refractivity contribution is 5.95. The molecule has 0 radical (unpaired) electrons. The van der Waals surface area contributed by atoms with E-state index in [0.29, 0.717) is 29.7 Å². The molecule has 0 aliphatic carbocycles. The molecule has 5 rings (SSSR count). The Morgan fingerprint density at radius 3 is 2.69 bits per heavy atom. The van der Waals surface area contributed by atoms with Gasteiger partial charge in [-0.2, -0.15) is 5.10 Å². The SMILES string of the molecule is Cc1c(C(=O)N2CCc3nc4ccccn4c(=O)c3C2)cnn1-c1ccccc1. The van der Waals surface area contributed by atoms with Crippen molar-refractivity contribution in [1.29, 1.82) is 0 Å². The first-order valence-corrected chi connectivity index (χ1v) is 9.52. The van der Waals surface area contributed by atoms with E-state index < -0.39 is 0 Å². The Balaban J connectivity index is 1.48. The van der Waals surface area contributed by atoms with Crippen molar-refractivity contribution in [2.75, 3.05) is 6.54 Å². The lowest BCUT2D eigenvalue weighted by molar-refractivity contribution is 0.0732. The molecule has 0 fully saturated rings. The topological polar surface area (TPSA) is 72.5 Å². The van der Waals surface area contributed by atoms with E-state index in [4.69, 9.17) is 0 Å². The molecule has 0 bridgehead atoms. The second-order valence-corrected chi connectivity index (χ2v) is 7.14. The minimum Gasteiger partial charge on any atom is -0.334 e.